The molecule has 1 aromatic carbocycles. The second-order valence-corrected chi connectivity index (χ2v) is 6.87. The van der Waals surface area contributed by atoms with Gasteiger partial charge in [-0.3, -0.25) is 4.79 Å². The fourth-order valence-corrected chi connectivity index (χ4v) is 3.03. The molecule has 0 radical (unpaired) electrons. The van der Waals surface area contributed by atoms with Crippen LogP contribution in [0.15, 0.2) is 36.4 Å². The summed E-state index contributed by atoms with van der Waals surface area (Å²) >= 11 is 0. The van der Waals surface area contributed by atoms with Gasteiger partial charge in [0.1, 0.15) is 0 Å². The van der Waals surface area contributed by atoms with Crippen LogP contribution in [0.3, 0.4) is 0 Å². The third-order valence-corrected chi connectivity index (χ3v) is 4.84. The maximum atomic E-state index is 12.1. The Balaban J connectivity index is 1.58. The molecular weight excluding hydrogens is 326 g/mol. The average Bonchev–Trinajstić information content (AvgIpc) is 2.68. The molecule has 6 heteroatoms. The molecule has 0 bridgehead atoms. The van der Waals surface area contributed by atoms with Crippen molar-refractivity contribution >= 4 is 17.4 Å². The molecule has 2 heterocycles. The highest BCUT2D eigenvalue weighted by Crippen LogP contribution is 2.20. The Hall–Kier alpha value is -2.63. The summed E-state index contributed by atoms with van der Waals surface area (Å²) in [5.41, 5.74) is 2.92. The highest BCUT2D eigenvalue weighted by Gasteiger charge is 2.19. The van der Waals surface area contributed by atoms with E-state index in [9.17, 15) is 4.79 Å². The normalized spacial score (nSPS) is 15.7. The summed E-state index contributed by atoms with van der Waals surface area (Å²) in [7, 11) is 0. The first-order valence-electron chi connectivity index (χ1n) is 9.28. The number of nitrogens with one attached hydrogen (secondary N) is 1. The third kappa shape index (κ3) is 4.31. The molecular formula is C20H27N5O. The second-order valence-electron chi connectivity index (χ2n) is 6.87. The number of carbonyl (C=O) groups excluding carboxylic acids is 1. The quantitative estimate of drug-likeness (QED) is 0.895. The summed E-state index contributed by atoms with van der Waals surface area (Å²) in [5.74, 6) is 0.664. The highest BCUT2D eigenvalue weighted by molar-refractivity contribution is 5.92. The highest BCUT2D eigenvalue weighted by atomic mass is 16.2. The minimum absolute atomic E-state index is 0.138. The average molecular weight is 353 g/mol. The molecule has 0 aliphatic carbocycles. The van der Waals surface area contributed by atoms with Crippen LogP contribution in [0.2, 0.25) is 0 Å². The molecule has 2 aromatic rings. The summed E-state index contributed by atoms with van der Waals surface area (Å²) in [5, 5.41) is 11.3. The fraction of sp³-hybridized carbons (Fsp3) is 0.450. The van der Waals surface area contributed by atoms with E-state index >= 15 is 0 Å². The summed E-state index contributed by atoms with van der Waals surface area (Å²) < 4.78 is 0. The van der Waals surface area contributed by atoms with Crippen LogP contribution in [-0.4, -0.2) is 48.3 Å². The van der Waals surface area contributed by atoms with Crippen LogP contribution in [0.1, 0.15) is 36.3 Å². The molecule has 0 spiro atoms. The van der Waals surface area contributed by atoms with Gasteiger partial charge in [0.25, 0.3) is 5.91 Å². The molecule has 1 aliphatic heterocycles. The Kier molecular flexibility index (Phi) is 5.71. The van der Waals surface area contributed by atoms with Crippen molar-refractivity contribution in [1.29, 1.82) is 0 Å². The maximum absolute atomic E-state index is 12.1. The first-order chi connectivity index (χ1) is 12.6. The van der Waals surface area contributed by atoms with Crippen molar-refractivity contribution in [3.63, 3.8) is 0 Å². The summed E-state index contributed by atoms with van der Waals surface area (Å²) in [6.45, 7) is 9.81. The SMILES string of the molecule is CCC(C)NC(=O)c1ccc(N2CCN(c3cccc(C)c3)CC2)nn1. The van der Waals surface area contributed by atoms with Gasteiger partial charge in [0.05, 0.1) is 0 Å². The van der Waals surface area contributed by atoms with Crippen molar-refractivity contribution in [2.75, 3.05) is 36.0 Å². The number of rotatable bonds is 5. The molecule has 6 nitrogen and oxygen atoms in total. The summed E-state index contributed by atoms with van der Waals surface area (Å²) in [6.07, 6.45) is 0.891. The zero-order chi connectivity index (χ0) is 18.5. The first-order valence-corrected chi connectivity index (χ1v) is 9.28. The van der Waals surface area contributed by atoms with E-state index in [2.05, 4.69) is 56.5 Å². The molecule has 1 N–H and O–H groups in total. The van der Waals surface area contributed by atoms with Gasteiger partial charge in [-0.1, -0.05) is 19.1 Å². The fourth-order valence-electron chi connectivity index (χ4n) is 3.03. The van der Waals surface area contributed by atoms with Crippen molar-refractivity contribution in [2.24, 2.45) is 0 Å². The molecule has 3 rings (SSSR count). The van der Waals surface area contributed by atoms with Gasteiger partial charge in [-0.2, -0.15) is 0 Å². The van der Waals surface area contributed by atoms with Crippen LogP contribution in [-0.2, 0) is 0 Å². The lowest BCUT2D eigenvalue weighted by molar-refractivity contribution is 0.0933. The van der Waals surface area contributed by atoms with E-state index in [1.54, 1.807) is 6.07 Å². The van der Waals surface area contributed by atoms with Crippen molar-refractivity contribution in [3.05, 3.63) is 47.7 Å². The van der Waals surface area contributed by atoms with E-state index in [-0.39, 0.29) is 11.9 Å². The van der Waals surface area contributed by atoms with Crippen LogP contribution < -0.4 is 15.1 Å². The van der Waals surface area contributed by atoms with E-state index in [4.69, 9.17) is 0 Å². The van der Waals surface area contributed by atoms with Crippen LogP contribution >= 0.6 is 0 Å². The number of piperazine rings is 1. The van der Waals surface area contributed by atoms with Crippen molar-refractivity contribution in [3.8, 4) is 0 Å². The van der Waals surface area contributed by atoms with Crippen molar-refractivity contribution in [2.45, 2.75) is 33.2 Å². The van der Waals surface area contributed by atoms with Crippen LogP contribution in [0.5, 0.6) is 0 Å². The number of anilines is 2. The second kappa shape index (κ2) is 8.17. The lowest BCUT2D eigenvalue weighted by atomic mass is 10.2. The van der Waals surface area contributed by atoms with Crippen LogP contribution in [0.4, 0.5) is 11.5 Å². The van der Waals surface area contributed by atoms with Gasteiger partial charge in [0, 0.05) is 37.9 Å². The van der Waals surface area contributed by atoms with Gasteiger partial charge in [0.2, 0.25) is 0 Å². The number of benzene rings is 1. The Bertz CT molecular complexity index is 738. The van der Waals surface area contributed by atoms with Gasteiger partial charge in [0.15, 0.2) is 11.5 Å². The van der Waals surface area contributed by atoms with E-state index in [0.29, 0.717) is 5.69 Å². The molecule has 1 amide bonds. The van der Waals surface area contributed by atoms with E-state index < -0.39 is 0 Å². The minimum atomic E-state index is -0.164. The van der Waals surface area contributed by atoms with Gasteiger partial charge in [-0.05, 0) is 50.1 Å². The Morgan fingerprint density at radius 2 is 1.85 bits per heavy atom. The molecule has 1 fully saturated rings. The lowest BCUT2D eigenvalue weighted by Crippen LogP contribution is -2.47. The van der Waals surface area contributed by atoms with Gasteiger partial charge in [-0.15, -0.1) is 10.2 Å². The van der Waals surface area contributed by atoms with Gasteiger partial charge >= 0.3 is 0 Å². The largest absolute Gasteiger partial charge is 0.368 e. The number of aryl methyl sites for hydroxylation is 1. The van der Waals surface area contributed by atoms with Crippen molar-refractivity contribution in [1.82, 2.24) is 15.5 Å². The number of hydrogen-bond donors (Lipinski definition) is 1. The Morgan fingerprint density at radius 1 is 1.12 bits per heavy atom. The van der Waals surface area contributed by atoms with E-state index in [1.165, 1.54) is 11.3 Å². The maximum Gasteiger partial charge on any atom is 0.272 e. The summed E-state index contributed by atoms with van der Waals surface area (Å²) in [6, 6.07) is 12.4. The number of amides is 1. The van der Waals surface area contributed by atoms with Crippen LogP contribution in [0, 0.1) is 6.92 Å². The first kappa shape index (κ1) is 18.2. The van der Waals surface area contributed by atoms with Gasteiger partial charge in [-0.25, -0.2) is 0 Å². The number of carbonyl (C=O) groups is 1. The zero-order valence-electron chi connectivity index (χ0n) is 15.8. The van der Waals surface area contributed by atoms with Crippen LogP contribution in [0.25, 0.3) is 0 Å². The number of aromatic nitrogens is 2. The predicted molar refractivity (Wildman–Crippen MR) is 105 cm³/mol. The zero-order valence-corrected chi connectivity index (χ0v) is 15.8. The van der Waals surface area contributed by atoms with Gasteiger partial charge < -0.3 is 15.1 Å². The smallest absolute Gasteiger partial charge is 0.272 e. The molecule has 1 atom stereocenters. The topological polar surface area (TPSA) is 61.4 Å². The van der Waals surface area contributed by atoms with Crippen molar-refractivity contribution < 1.29 is 4.79 Å². The molecule has 1 unspecified atom stereocenters. The molecule has 1 aromatic heterocycles. The summed E-state index contributed by atoms with van der Waals surface area (Å²) in [4.78, 5) is 16.7. The minimum Gasteiger partial charge on any atom is -0.368 e. The van der Waals surface area contributed by atoms with E-state index in [1.807, 2.05) is 19.9 Å². The Morgan fingerprint density at radius 3 is 2.46 bits per heavy atom. The lowest BCUT2D eigenvalue weighted by Gasteiger charge is -2.36. The number of hydrogen-bond acceptors (Lipinski definition) is 5. The standard InChI is InChI=1S/C20H27N5O/c1-4-16(3)21-20(26)18-8-9-19(23-22-18)25-12-10-24(11-13-25)17-7-5-6-15(2)14-17/h5-9,14,16H,4,10-13H2,1-3H3,(H,21,26). The Labute approximate surface area is 155 Å². The molecule has 1 aliphatic rings. The van der Waals surface area contributed by atoms with E-state index in [0.717, 1.165) is 38.4 Å². The molecule has 1 saturated heterocycles. The molecule has 26 heavy (non-hydrogen) atoms. The molecule has 138 valence electrons. The predicted octanol–water partition coefficient (Wildman–Crippen LogP) is 2.64. The third-order valence-electron chi connectivity index (χ3n) is 4.84. The monoisotopic (exact) mass is 353 g/mol. The number of nitrogens with zero attached hydrogens (tertiary/aromatic N) is 4. The molecule has 0 saturated carbocycles.